The zero-order chi connectivity index (χ0) is 12.8. The van der Waals surface area contributed by atoms with E-state index in [4.69, 9.17) is 11.6 Å². The fourth-order valence-corrected chi connectivity index (χ4v) is 3.52. The van der Waals surface area contributed by atoms with Crippen molar-refractivity contribution in [3.63, 3.8) is 0 Å². The molecular formula is C13H25ClOS2. The van der Waals surface area contributed by atoms with Gasteiger partial charge in [-0.15, -0.1) is 0 Å². The van der Waals surface area contributed by atoms with Crippen LogP contribution in [0.15, 0.2) is 0 Å². The van der Waals surface area contributed by atoms with E-state index in [1.807, 2.05) is 0 Å². The molecule has 0 aliphatic rings. The molecule has 0 heterocycles. The maximum Gasteiger partial charge on any atom is 0.290 e. The number of unbranched alkanes of at least 4 members (excludes halogenated alkanes) is 9. The van der Waals surface area contributed by atoms with E-state index in [9.17, 15) is 4.79 Å². The van der Waals surface area contributed by atoms with Crippen LogP contribution in [0.4, 0.5) is 4.79 Å². The number of carbonyl (C=O) groups is 1. The van der Waals surface area contributed by atoms with E-state index in [1.54, 1.807) is 10.8 Å². The molecule has 0 spiro atoms. The Morgan fingerprint density at radius 1 is 0.882 bits per heavy atom. The lowest BCUT2D eigenvalue weighted by atomic mass is 10.1. The molecule has 0 aromatic rings. The van der Waals surface area contributed by atoms with Crippen LogP contribution < -0.4 is 0 Å². The van der Waals surface area contributed by atoms with Gasteiger partial charge in [0.15, 0.2) is 0 Å². The van der Waals surface area contributed by atoms with Crippen LogP contribution in [-0.2, 0) is 0 Å². The minimum atomic E-state index is -0.304. The molecular weight excluding hydrogens is 272 g/mol. The molecule has 0 saturated heterocycles. The Morgan fingerprint density at radius 2 is 1.35 bits per heavy atom. The van der Waals surface area contributed by atoms with Gasteiger partial charge in [-0.3, -0.25) is 4.79 Å². The second kappa shape index (κ2) is 14.7. The van der Waals surface area contributed by atoms with Crippen molar-refractivity contribution in [1.29, 1.82) is 0 Å². The molecule has 1 nitrogen and oxygen atoms in total. The summed E-state index contributed by atoms with van der Waals surface area (Å²) < 4.78 is -0.304. The summed E-state index contributed by atoms with van der Waals surface area (Å²) in [7, 11) is 2.73. The van der Waals surface area contributed by atoms with E-state index in [0.717, 1.165) is 16.5 Å². The number of rotatable bonds is 12. The highest BCUT2D eigenvalue weighted by atomic mass is 35.5. The Hall–Kier alpha value is 0.660. The van der Waals surface area contributed by atoms with Crippen LogP contribution in [0.25, 0.3) is 0 Å². The Kier molecular flexibility index (Phi) is 15.3. The van der Waals surface area contributed by atoms with Crippen molar-refractivity contribution < 1.29 is 4.79 Å². The van der Waals surface area contributed by atoms with Gasteiger partial charge in [0.25, 0.3) is 4.57 Å². The summed E-state index contributed by atoms with van der Waals surface area (Å²) in [5, 5.41) is 0. The lowest BCUT2D eigenvalue weighted by molar-refractivity contribution is 0.276. The van der Waals surface area contributed by atoms with Gasteiger partial charge in [0, 0.05) is 5.75 Å². The SMILES string of the molecule is CCCCCCCCCCCCSSC(=O)Cl. The molecule has 0 radical (unpaired) electrons. The van der Waals surface area contributed by atoms with Crippen molar-refractivity contribution >= 4 is 37.8 Å². The van der Waals surface area contributed by atoms with E-state index >= 15 is 0 Å². The van der Waals surface area contributed by atoms with Gasteiger partial charge in [-0.2, -0.15) is 0 Å². The topological polar surface area (TPSA) is 17.1 Å². The average Bonchev–Trinajstić information content (AvgIpc) is 2.30. The predicted octanol–water partition coefficient (Wildman–Crippen LogP) is 6.65. The number of carbonyl (C=O) groups excluding carboxylic acids is 1. The van der Waals surface area contributed by atoms with Gasteiger partial charge in [-0.25, -0.2) is 0 Å². The van der Waals surface area contributed by atoms with Crippen molar-refractivity contribution in [1.82, 2.24) is 0 Å². The first-order valence-electron chi connectivity index (χ1n) is 6.76. The van der Waals surface area contributed by atoms with Gasteiger partial charge < -0.3 is 0 Å². The molecule has 102 valence electrons. The second-order valence-corrected chi connectivity index (χ2v) is 7.28. The monoisotopic (exact) mass is 296 g/mol. The predicted molar refractivity (Wildman–Crippen MR) is 83.1 cm³/mol. The summed E-state index contributed by atoms with van der Waals surface area (Å²) in [5.41, 5.74) is 0. The van der Waals surface area contributed by atoms with E-state index in [-0.39, 0.29) is 4.57 Å². The molecule has 0 aromatic carbocycles. The third-order valence-electron chi connectivity index (χ3n) is 2.71. The van der Waals surface area contributed by atoms with Crippen LogP contribution in [0.5, 0.6) is 0 Å². The molecule has 0 unspecified atom stereocenters. The molecule has 0 atom stereocenters. The van der Waals surface area contributed by atoms with Crippen LogP contribution in [0.2, 0.25) is 0 Å². The maximum absolute atomic E-state index is 10.4. The zero-order valence-corrected chi connectivity index (χ0v) is 13.3. The molecule has 0 aliphatic heterocycles. The first-order chi connectivity index (χ1) is 8.27. The largest absolute Gasteiger partial charge is 0.290 e. The van der Waals surface area contributed by atoms with Gasteiger partial charge >= 0.3 is 0 Å². The maximum atomic E-state index is 10.4. The Labute approximate surface area is 119 Å². The minimum absolute atomic E-state index is 0.304. The summed E-state index contributed by atoms with van der Waals surface area (Å²) in [5.74, 6) is 1.04. The van der Waals surface area contributed by atoms with E-state index in [0.29, 0.717) is 0 Å². The van der Waals surface area contributed by atoms with Crippen LogP contribution in [0.3, 0.4) is 0 Å². The fourth-order valence-electron chi connectivity index (χ4n) is 1.74. The highest BCUT2D eigenvalue weighted by Gasteiger charge is 1.97. The number of halogens is 1. The van der Waals surface area contributed by atoms with Crippen LogP contribution >= 0.6 is 33.2 Å². The highest BCUT2D eigenvalue weighted by molar-refractivity contribution is 8.82. The summed E-state index contributed by atoms with van der Waals surface area (Å²) >= 11 is 5.21. The molecule has 0 amide bonds. The average molecular weight is 297 g/mol. The third kappa shape index (κ3) is 16.7. The van der Waals surface area contributed by atoms with Crippen LogP contribution in [-0.4, -0.2) is 10.3 Å². The van der Waals surface area contributed by atoms with E-state index in [2.05, 4.69) is 6.92 Å². The molecule has 0 fully saturated rings. The van der Waals surface area contributed by atoms with Crippen molar-refractivity contribution in [3.05, 3.63) is 0 Å². The summed E-state index contributed by atoms with van der Waals surface area (Å²) in [6.45, 7) is 2.26. The highest BCUT2D eigenvalue weighted by Crippen LogP contribution is 2.26. The molecule has 0 aliphatic carbocycles. The third-order valence-corrected chi connectivity index (χ3v) is 5.22. The Balaban J connectivity index is 2.91. The zero-order valence-electron chi connectivity index (χ0n) is 10.9. The molecule has 0 saturated carbocycles. The fraction of sp³-hybridized carbons (Fsp3) is 0.923. The van der Waals surface area contributed by atoms with Gasteiger partial charge in [-0.1, -0.05) is 75.5 Å². The summed E-state index contributed by atoms with van der Waals surface area (Å²) in [6.07, 6.45) is 13.6. The standard InChI is InChI=1S/C13H25ClOS2/c1-2-3-4-5-6-7-8-9-10-11-12-16-17-13(14)15/h2-12H2,1H3. The first kappa shape index (κ1) is 17.7. The van der Waals surface area contributed by atoms with Crippen molar-refractivity contribution in [2.75, 3.05) is 5.75 Å². The van der Waals surface area contributed by atoms with E-state index < -0.39 is 0 Å². The van der Waals surface area contributed by atoms with Crippen molar-refractivity contribution in [2.24, 2.45) is 0 Å². The molecule has 17 heavy (non-hydrogen) atoms. The van der Waals surface area contributed by atoms with Crippen LogP contribution in [0, 0.1) is 0 Å². The van der Waals surface area contributed by atoms with Gasteiger partial charge in [-0.05, 0) is 28.8 Å². The molecule has 0 bridgehead atoms. The van der Waals surface area contributed by atoms with Crippen LogP contribution in [0.1, 0.15) is 71.1 Å². The quantitative estimate of drug-likeness (QED) is 0.228. The van der Waals surface area contributed by atoms with Gasteiger partial charge in [0.05, 0.1) is 0 Å². The van der Waals surface area contributed by atoms with Crippen molar-refractivity contribution in [3.8, 4) is 0 Å². The molecule has 4 heteroatoms. The molecule has 0 rings (SSSR count). The summed E-state index contributed by atoms with van der Waals surface area (Å²) in [6, 6.07) is 0. The van der Waals surface area contributed by atoms with Crippen molar-refractivity contribution in [2.45, 2.75) is 71.1 Å². The molecule has 0 N–H and O–H groups in total. The van der Waals surface area contributed by atoms with Gasteiger partial charge in [0.2, 0.25) is 0 Å². The smallest absolute Gasteiger partial charge is 0.267 e. The molecule has 0 aromatic heterocycles. The minimum Gasteiger partial charge on any atom is -0.267 e. The lowest BCUT2D eigenvalue weighted by Gasteiger charge is -2.01. The lowest BCUT2D eigenvalue weighted by Crippen LogP contribution is -1.83. The summed E-state index contributed by atoms with van der Waals surface area (Å²) in [4.78, 5) is 10.4. The Bertz CT molecular complexity index is 177. The Morgan fingerprint density at radius 3 is 1.82 bits per heavy atom. The number of hydrogen-bond acceptors (Lipinski definition) is 3. The van der Waals surface area contributed by atoms with Gasteiger partial charge in [0.1, 0.15) is 0 Å². The number of hydrogen-bond donors (Lipinski definition) is 0. The van der Waals surface area contributed by atoms with E-state index in [1.165, 1.54) is 64.2 Å². The normalized spacial score (nSPS) is 10.7. The second-order valence-electron chi connectivity index (χ2n) is 4.32. The first-order valence-corrected chi connectivity index (χ1v) is 9.46.